The number of rotatable bonds is 2. The molecular weight excluding hydrogens is 344 g/mol. The number of carbonyl (C=O) groups excluding carboxylic acids is 1. The monoisotopic (exact) mass is 351 g/mol. The third-order valence-electron chi connectivity index (χ3n) is 2.69. The maximum absolute atomic E-state index is 13.3. The Labute approximate surface area is 127 Å². The fourth-order valence-electron chi connectivity index (χ4n) is 1.60. The number of hydrogen-bond donors (Lipinski definition) is 2. The van der Waals surface area contributed by atoms with Crippen molar-refractivity contribution in [3.05, 3.63) is 57.6 Å². The number of anilines is 2. The third-order valence-corrected chi connectivity index (χ3v) is 3.34. The van der Waals surface area contributed by atoms with Gasteiger partial charge in [0, 0.05) is 10.0 Å². The predicted octanol–water partition coefficient (Wildman–Crippen LogP) is 3.43. The van der Waals surface area contributed by atoms with Crippen molar-refractivity contribution < 1.29 is 13.6 Å². The van der Waals surface area contributed by atoms with Gasteiger partial charge in [0.05, 0.1) is 17.3 Å². The standard InChI is InChI=1S/C14H8BrF2N3O/c15-9-3-7(6-18)1-2-12(9)20-14(21)8-4-10(16)13(19)11(17)5-8/h1-5H,19H2,(H,20,21). The molecule has 2 aromatic carbocycles. The number of amides is 1. The summed E-state index contributed by atoms with van der Waals surface area (Å²) in [5, 5.41) is 11.2. The zero-order valence-electron chi connectivity index (χ0n) is 10.5. The Morgan fingerprint density at radius 2 is 1.86 bits per heavy atom. The van der Waals surface area contributed by atoms with Crippen LogP contribution in [0.2, 0.25) is 0 Å². The lowest BCUT2D eigenvalue weighted by Gasteiger charge is -2.09. The highest BCUT2D eigenvalue weighted by atomic mass is 79.9. The molecular formula is C14H8BrF2N3O. The predicted molar refractivity (Wildman–Crippen MR) is 77.6 cm³/mol. The quantitative estimate of drug-likeness (QED) is 0.813. The summed E-state index contributed by atoms with van der Waals surface area (Å²) in [6.07, 6.45) is 0. The first-order chi connectivity index (χ1) is 9.92. The SMILES string of the molecule is N#Cc1ccc(NC(=O)c2cc(F)c(N)c(F)c2)c(Br)c1. The molecule has 3 N–H and O–H groups in total. The first kappa shape index (κ1) is 14.9. The van der Waals surface area contributed by atoms with Crippen molar-refractivity contribution in [2.24, 2.45) is 0 Å². The van der Waals surface area contributed by atoms with Crippen LogP contribution >= 0.6 is 15.9 Å². The number of nitrogens with two attached hydrogens (primary N) is 1. The van der Waals surface area contributed by atoms with Crippen LogP contribution in [0.4, 0.5) is 20.2 Å². The van der Waals surface area contributed by atoms with Crippen LogP contribution in [0.1, 0.15) is 15.9 Å². The van der Waals surface area contributed by atoms with Crippen LogP contribution in [0.5, 0.6) is 0 Å². The lowest BCUT2D eigenvalue weighted by Crippen LogP contribution is -2.13. The lowest BCUT2D eigenvalue weighted by molar-refractivity contribution is 0.102. The van der Waals surface area contributed by atoms with E-state index in [4.69, 9.17) is 11.0 Å². The molecule has 21 heavy (non-hydrogen) atoms. The summed E-state index contributed by atoms with van der Waals surface area (Å²) in [5.74, 6) is -2.70. The number of halogens is 3. The Bertz CT molecular complexity index is 748. The van der Waals surface area contributed by atoms with Gasteiger partial charge in [-0.2, -0.15) is 5.26 Å². The van der Waals surface area contributed by atoms with E-state index in [9.17, 15) is 13.6 Å². The molecule has 2 rings (SSSR count). The van der Waals surface area contributed by atoms with Gasteiger partial charge in [-0.3, -0.25) is 4.79 Å². The number of carbonyl (C=O) groups is 1. The second kappa shape index (κ2) is 5.89. The molecule has 4 nitrogen and oxygen atoms in total. The van der Waals surface area contributed by atoms with E-state index in [1.54, 1.807) is 0 Å². The van der Waals surface area contributed by atoms with Crippen LogP contribution in [-0.4, -0.2) is 5.91 Å². The van der Waals surface area contributed by atoms with Crippen LogP contribution in [0.3, 0.4) is 0 Å². The number of nitrogen functional groups attached to an aromatic ring is 1. The fraction of sp³-hybridized carbons (Fsp3) is 0. The molecule has 0 spiro atoms. The van der Waals surface area contributed by atoms with E-state index in [-0.39, 0.29) is 5.56 Å². The molecule has 0 aliphatic carbocycles. The number of hydrogen-bond acceptors (Lipinski definition) is 3. The molecule has 106 valence electrons. The number of nitrogens with zero attached hydrogens (tertiary/aromatic N) is 1. The van der Waals surface area contributed by atoms with Crippen LogP contribution < -0.4 is 11.1 Å². The smallest absolute Gasteiger partial charge is 0.255 e. The van der Waals surface area contributed by atoms with E-state index in [1.807, 2.05) is 6.07 Å². The second-order valence-electron chi connectivity index (χ2n) is 4.11. The average Bonchev–Trinajstić information content (AvgIpc) is 2.46. The fourth-order valence-corrected chi connectivity index (χ4v) is 2.07. The topological polar surface area (TPSA) is 78.9 Å². The molecule has 0 aromatic heterocycles. The van der Waals surface area contributed by atoms with Crippen LogP contribution in [0, 0.1) is 23.0 Å². The summed E-state index contributed by atoms with van der Waals surface area (Å²) in [6.45, 7) is 0. The Morgan fingerprint density at radius 1 is 1.24 bits per heavy atom. The van der Waals surface area contributed by atoms with Gasteiger partial charge >= 0.3 is 0 Å². The van der Waals surface area contributed by atoms with E-state index >= 15 is 0 Å². The maximum Gasteiger partial charge on any atom is 0.255 e. The van der Waals surface area contributed by atoms with Gasteiger partial charge in [-0.15, -0.1) is 0 Å². The summed E-state index contributed by atoms with van der Waals surface area (Å²) in [7, 11) is 0. The van der Waals surface area contributed by atoms with Crippen molar-refractivity contribution >= 4 is 33.2 Å². The summed E-state index contributed by atoms with van der Waals surface area (Å²) in [6, 6.07) is 8.17. The van der Waals surface area contributed by atoms with E-state index in [1.165, 1.54) is 18.2 Å². The highest BCUT2D eigenvalue weighted by Gasteiger charge is 2.14. The molecule has 0 fully saturated rings. The molecule has 0 aliphatic rings. The van der Waals surface area contributed by atoms with Gasteiger partial charge in [0.1, 0.15) is 17.3 Å². The van der Waals surface area contributed by atoms with Crippen molar-refractivity contribution in [2.75, 3.05) is 11.1 Å². The van der Waals surface area contributed by atoms with Crippen LogP contribution in [0.15, 0.2) is 34.8 Å². The van der Waals surface area contributed by atoms with Gasteiger partial charge in [0.15, 0.2) is 0 Å². The minimum Gasteiger partial charge on any atom is -0.394 e. The largest absolute Gasteiger partial charge is 0.394 e. The Morgan fingerprint density at radius 3 is 2.38 bits per heavy atom. The van der Waals surface area contributed by atoms with Gasteiger partial charge in [-0.25, -0.2) is 8.78 Å². The number of nitrogens with one attached hydrogen (secondary N) is 1. The lowest BCUT2D eigenvalue weighted by atomic mass is 10.1. The van der Waals surface area contributed by atoms with Crippen molar-refractivity contribution in [1.29, 1.82) is 5.26 Å². The van der Waals surface area contributed by atoms with Crippen LogP contribution in [0.25, 0.3) is 0 Å². The second-order valence-corrected chi connectivity index (χ2v) is 4.97. The molecule has 0 saturated heterocycles. The van der Waals surface area contributed by atoms with Crippen molar-refractivity contribution in [1.82, 2.24) is 0 Å². The van der Waals surface area contributed by atoms with Crippen molar-refractivity contribution in [3.63, 3.8) is 0 Å². The minimum atomic E-state index is -1.00. The van der Waals surface area contributed by atoms with E-state index in [0.29, 0.717) is 15.7 Å². The molecule has 0 aliphatic heterocycles. The summed E-state index contributed by atoms with van der Waals surface area (Å²) in [4.78, 5) is 12.0. The maximum atomic E-state index is 13.3. The Balaban J connectivity index is 2.28. The summed E-state index contributed by atoms with van der Waals surface area (Å²) in [5.41, 5.74) is 5.09. The molecule has 0 heterocycles. The third kappa shape index (κ3) is 3.17. The molecule has 2 aromatic rings. The molecule has 0 unspecified atom stereocenters. The molecule has 0 bridgehead atoms. The molecule has 0 atom stereocenters. The Hall–Kier alpha value is -2.46. The molecule has 1 amide bonds. The van der Waals surface area contributed by atoms with E-state index in [2.05, 4.69) is 21.2 Å². The van der Waals surface area contributed by atoms with E-state index < -0.39 is 23.2 Å². The first-order valence-electron chi connectivity index (χ1n) is 5.68. The highest BCUT2D eigenvalue weighted by Crippen LogP contribution is 2.25. The van der Waals surface area contributed by atoms with Gasteiger partial charge in [-0.05, 0) is 46.3 Å². The zero-order valence-corrected chi connectivity index (χ0v) is 12.0. The minimum absolute atomic E-state index is 0.199. The van der Waals surface area contributed by atoms with Gasteiger partial charge in [-0.1, -0.05) is 0 Å². The van der Waals surface area contributed by atoms with E-state index in [0.717, 1.165) is 12.1 Å². The Kier molecular flexibility index (Phi) is 4.19. The normalized spacial score (nSPS) is 10.0. The zero-order chi connectivity index (χ0) is 15.6. The van der Waals surface area contributed by atoms with Gasteiger partial charge < -0.3 is 11.1 Å². The number of benzene rings is 2. The highest BCUT2D eigenvalue weighted by molar-refractivity contribution is 9.10. The van der Waals surface area contributed by atoms with Gasteiger partial charge in [0.2, 0.25) is 0 Å². The molecule has 0 saturated carbocycles. The van der Waals surface area contributed by atoms with Gasteiger partial charge in [0.25, 0.3) is 5.91 Å². The van der Waals surface area contributed by atoms with Crippen molar-refractivity contribution in [2.45, 2.75) is 0 Å². The number of nitriles is 1. The summed E-state index contributed by atoms with van der Waals surface area (Å²) < 4.78 is 27.1. The first-order valence-corrected chi connectivity index (χ1v) is 6.47. The molecule has 7 heteroatoms. The van der Waals surface area contributed by atoms with Crippen LogP contribution in [-0.2, 0) is 0 Å². The van der Waals surface area contributed by atoms with Crippen molar-refractivity contribution in [3.8, 4) is 6.07 Å². The summed E-state index contributed by atoms with van der Waals surface area (Å²) >= 11 is 3.20. The molecule has 0 radical (unpaired) electrons. The average molecular weight is 352 g/mol.